The summed E-state index contributed by atoms with van der Waals surface area (Å²) in [4.78, 5) is 26.3. The van der Waals surface area contributed by atoms with Crippen molar-refractivity contribution in [3.63, 3.8) is 0 Å². The molecule has 1 fully saturated rings. The highest BCUT2D eigenvalue weighted by atomic mass is 16.5. The van der Waals surface area contributed by atoms with Crippen molar-refractivity contribution in [1.29, 1.82) is 0 Å². The van der Waals surface area contributed by atoms with Crippen LogP contribution < -0.4 is 10.4 Å². The Kier molecular flexibility index (Phi) is 5.42. The maximum atomic E-state index is 12.4. The smallest absolute Gasteiger partial charge is 0.336 e. The van der Waals surface area contributed by atoms with Gasteiger partial charge in [-0.2, -0.15) is 0 Å². The Hall–Kier alpha value is -3.08. The van der Waals surface area contributed by atoms with Crippen LogP contribution in [-0.2, 0) is 4.79 Å². The fraction of sp³-hybridized carbons (Fsp3) is 0.304. The van der Waals surface area contributed by atoms with Gasteiger partial charge in [0.2, 0.25) is 0 Å². The van der Waals surface area contributed by atoms with E-state index in [4.69, 9.17) is 9.15 Å². The van der Waals surface area contributed by atoms with Crippen LogP contribution in [0.4, 0.5) is 0 Å². The quantitative estimate of drug-likeness (QED) is 0.638. The molecule has 0 unspecified atom stereocenters. The molecule has 28 heavy (non-hydrogen) atoms. The summed E-state index contributed by atoms with van der Waals surface area (Å²) in [7, 11) is 0. The summed E-state index contributed by atoms with van der Waals surface area (Å²) in [5, 5.41) is 0.831. The largest absolute Gasteiger partial charge is 0.484 e. The van der Waals surface area contributed by atoms with E-state index in [-0.39, 0.29) is 12.5 Å². The topological polar surface area (TPSA) is 59.8 Å². The summed E-state index contributed by atoms with van der Waals surface area (Å²) in [5.41, 5.74) is 1.81. The second kappa shape index (κ2) is 8.30. The maximum absolute atomic E-state index is 12.4. The van der Waals surface area contributed by atoms with Crippen molar-refractivity contribution < 1.29 is 13.9 Å². The number of carbonyl (C=O) groups excluding carboxylic acids is 1. The van der Waals surface area contributed by atoms with E-state index in [1.165, 1.54) is 18.9 Å². The molecule has 0 atom stereocenters. The number of fused-ring (bicyclic) bond motifs is 1. The van der Waals surface area contributed by atoms with Crippen molar-refractivity contribution in [3.8, 4) is 16.9 Å². The van der Waals surface area contributed by atoms with Gasteiger partial charge >= 0.3 is 5.63 Å². The molecule has 0 bridgehead atoms. The molecule has 1 aromatic heterocycles. The molecular weight excluding hydrogens is 354 g/mol. The van der Waals surface area contributed by atoms with E-state index in [1.54, 1.807) is 6.07 Å². The number of amides is 1. The predicted octanol–water partition coefficient (Wildman–Crippen LogP) is 4.24. The van der Waals surface area contributed by atoms with Crippen molar-refractivity contribution in [2.75, 3.05) is 19.7 Å². The van der Waals surface area contributed by atoms with E-state index in [0.29, 0.717) is 11.3 Å². The number of hydrogen-bond donors (Lipinski definition) is 0. The summed E-state index contributed by atoms with van der Waals surface area (Å²) < 4.78 is 11.1. The minimum absolute atomic E-state index is 0.00138. The second-order valence-corrected chi connectivity index (χ2v) is 7.09. The first-order valence-corrected chi connectivity index (χ1v) is 9.74. The lowest BCUT2D eigenvalue weighted by atomic mass is 10.0. The summed E-state index contributed by atoms with van der Waals surface area (Å²) in [6, 6.07) is 16.6. The molecule has 0 spiro atoms. The minimum Gasteiger partial charge on any atom is -0.484 e. The number of carbonyl (C=O) groups is 1. The first kappa shape index (κ1) is 18.3. The highest BCUT2D eigenvalue weighted by Crippen LogP contribution is 2.29. The third-order valence-electron chi connectivity index (χ3n) is 5.12. The molecule has 1 aliphatic rings. The third-order valence-corrected chi connectivity index (χ3v) is 5.12. The standard InChI is InChI=1S/C23H23NO4/c25-22(24-12-6-1-2-7-13-24)16-27-18-10-11-19-20(17-8-4-3-5-9-17)15-23(26)28-21(19)14-18/h3-5,8-11,14-15H,1-2,6-7,12-13,16H2. The summed E-state index contributed by atoms with van der Waals surface area (Å²) in [6.07, 6.45) is 4.46. The van der Waals surface area contributed by atoms with E-state index < -0.39 is 5.63 Å². The number of hydrogen-bond acceptors (Lipinski definition) is 4. The van der Waals surface area contributed by atoms with Gasteiger partial charge in [-0.15, -0.1) is 0 Å². The van der Waals surface area contributed by atoms with Crippen molar-refractivity contribution in [2.45, 2.75) is 25.7 Å². The highest BCUT2D eigenvalue weighted by Gasteiger charge is 2.16. The van der Waals surface area contributed by atoms with Gasteiger partial charge in [0.1, 0.15) is 11.3 Å². The molecular formula is C23H23NO4. The van der Waals surface area contributed by atoms with Gasteiger partial charge in [0, 0.05) is 30.6 Å². The Labute approximate surface area is 163 Å². The van der Waals surface area contributed by atoms with Gasteiger partial charge in [-0.1, -0.05) is 43.2 Å². The molecule has 2 heterocycles. The highest BCUT2D eigenvalue weighted by molar-refractivity contribution is 5.93. The zero-order chi connectivity index (χ0) is 19.3. The molecule has 0 saturated carbocycles. The predicted molar refractivity (Wildman–Crippen MR) is 108 cm³/mol. The SMILES string of the molecule is O=C(COc1ccc2c(-c3ccccc3)cc(=O)oc2c1)N1CCCCCC1. The average Bonchev–Trinajstić information content (AvgIpc) is 3.01. The average molecular weight is 377 g/mol. The number of benzene rings is 2. The molecule has 5 heteroatoms. The zero-order valence-electron chi connectivity index (χ0n) is 15.7. The van der Waals surface area contributed by atoms with E-state index in [1.807, 2.05) is 47.4 Å². The molecule has 5 nitrogen and oxygen atoms in total. The monoisotopic (exact) mass is 377 g/mol. The van der Waals surface area contributed by atoms with Crippen LogP contribution in [0.25, 0.3) is 22.1 Å². The van der Waals surface area contributed by atoms with Crippen molar-refractivity contribution >= 4 is 16.9 Å². The lowest BCUT2D eigenvalue weighted by Crippen LogP contribution is -2.35. The van der Waals surface area contributed by atoms with E-state index in [2.05, 4.69) is 0 Å². The number of rotatable bonds is 4. The van der Waals surface area contributed by atoms with Crippen LogP contribution in [0.5, 0.6) is 5.75 Å². The van der Waals surface area contributed by atoms with Crippen LogP contribution in [0.1, 0.15) is 25.7 Å². The first-order valence-electron chi connectivity index (χ1n) is 9.74. The van der Waals surface area contributed by atoms with Crippen molar-refractivity contribution in [1.82, 2.24) is 4.90 Å². The van der Waals surface area contributed by atoms with Crippen molar-refractivity contribution in [2.24, 2.45) is 0 Å². The van der Waals surface area contributed by atoms with Crippen molar-refractivity contribution in [3.05, 3.63) is 65.0 Å². The minimum atomic E-state index is -0.413. The van der Waals surface area contributed by atoms with Crippen LogP contribution in [-0.4, -0.2) is 30.5 Å². The fourth-order valence-corrected chi connectivity index (χ4v) is 3.65. The first-order chi connectivity index (χ1) is 13.7. The van der Waals surface area contributed by atoms with E-state index >= 15 is 0 Å². The number of likely N-dealkylation sites (tertiary alicyclic amines) is 1. The molecule has 1 amide bonds. The van der Waals surface area contributed by atoms with Gasteiger partial charge in [-0.25, -0.2) is 4.79 Å². The molecule has 0 N–H and O–H groups in total. The fourth-order valence-electron chi connectivity index (χ4n) is 3.65. The van der Waals surface area contributed by atoms with Gasteiger partial charge in [0.15, 0.2) is 6.61 Å². The molecule has 0 radical (unpaired) electrons. The Bertz CT molecular complexity index is 1020. The lowest BCUT2D eigenvalue weighted by molar-refractivity contribution is -0.133. The molecule has 2 aromatic carbocycles. The van der Waals surface area contributed by atoms with Gasteiger partial charge in [0.25, 0.3) is 5.91 Å². The molecule has 0 aliphatic carbocycles. The molecule has 1 saturated heterocycles. The van der Waals surface area contributed by atoms with Crippen LogP contribution in [0.2, 0.25) is 0 Å². The second-order valence-electron chi connectivity index (χ2n) is 7.09. The Morgan fingerprint density at radius 2 is 1.71 bits per heavy atom. The van der Waals surface area contributed by atoms with Crippen LogP contribution in [0.15, 0.2) is 63.8 Å². The van der Waals surface area contributed by atoms with Crippen LogP contribution in [0, 0.1) is 0 Å². The zero-order valence-corrected chi connectivity index (χ0v) is 15.7. The molecule has 3 aromatic rings. The molecule has 4 rings (SSSR count). The summed E-state index contributed by atoms with van der Waals surface area (Å²) >= 11 is 0. The van der Waals surface area contributed by atoms with Gasteiger partial charge < -0.3 is 14.1 Å². The van der Waals surface area contributed by atoms with Crippen LogP contribution >= 0.6 is 0 Å². The van der Waals surface area contributed by atoms with Gasteiger partial charge in [-0.3, -0.25) is 4.79 Å². The maximum Gasteiger partial charge on any atom is 0.336 e. The summed E-state index contributed by atoms with van der Waals surface area (Å²) in [5.74, 6) is 0.519. The van der Waals surface area contributed by atoms with Gasteiger partial charge in [0.05, 0.1) is 0 Å². The summed E-state index contributed by atoms with van der Waals surface area (Å²) in [6.45, 7) is 1.60. The lowest BCUT2D eigenvalue weighted by Gasteiger charge is -2.20. The third kappa shape index (κ3) is 4.09. The normalized spacial score (nSPS) is 14.6. The number of ether oxygens (including phenoxy) is 1. The molecule has 144 valence electrons. The molecule has 1 aliphatic heterocycles. The Morgan fingerprint density at radius 3 is 2.46 bits per heavy atom. The Morgan fingerprint density at radius 1 is 0.964 bits per heavy atom. The number of nitrogens with zero attached hydrogens (tertiary/aromatic N) is 1. The Balaban J connectivity index is 1.55. The van der Waals surface area contributed by atoms with E-state index in [9.17, 15) is 9.59 Å². The van der Waals surface area contributed by atoms with Crippen LogP contribution in [0.3, 0.4) is 0 Å². The van der Waals surface area contributed by atoms with E-state index in [0.717, 1.165) is 42.4 Å². The van der Waals surface area contributed by atoms with Gasteiger partial charge in [-0.05, 0) is 36.1 Å².